The summed E-state index contributed by atoms with van der Waals surface area (Å²) in [6.07, 6.45) is -1.77. The second-order valence-corrected chi connectivity index (χ2v) is 6.93. The molecule has 1 saturated heterocycles. The number of nitrogens with zero attached hydrogens (tertiary/aromatic N) is 4. The molecule has 1 aliphatic heterocycles. The highest BCUT2D eigenvalue weighted by Gasteiger charge is 2.27. The molecule has 0 atom stereocenters. The first-order valence-corrected chi connectivity index (χ1v) is 9.60. The summed E-state index contributed by atoms with van der Waals surface area (Å²) in [6.45, 7) is 5.08. The van der Waals surface area contributed by atoms with Crippen LogP contribution < -0.4 is 4.90 Å². The van der Waals surface area contributed by atoms with Gasteiger partial charge in [0, 0.05) is 31.7 Å². The van der Waals surface area contributed by atoms with Crippen LogP contribution in [0.3, 0.4) is 0 Å². The maximum absolute atomic E-state index is 14.4. The van der Waals surface area contributed by atoms with Gasteiger partial charge < -0.3 is 9.64 Å². The van der Waals surface area contributed by atoms with E-state index in [1.165, 1.54) is 13.0 Å². The van der Waals surface area contributed by atoms with Crippen LogP contribution in [0.5, 0.6) is 0 Å². The Morgan fingerprint density at radius 1 is 1.20 bits per heavy atom. The SMILES string of the molecule is CCOC(=O)c1cnn(CN2CCN(c3ccc(C(C)=O)cc3F)CC2)c1C(F)F. The Morgan fingerprint density at radius 3 is 2.47 bits per heavy atom. The lowest BCUT2D eigenvalue weighted by molar-refractivity contribution is 0.0511. The lowest BCUT2D eigenvalue weighted by Crippen LogP contribution is -2.47. The molecule has 1 aromatic carbocycles. The van der Waals surface area contributed by atoms with Gasteiger partial charge in [-0.1, -0.05) is 0 Å². The molecule has 0 N–H and O–H groups in total. The normalized spacial score (nSPS) is 14.9. The van der Waals surface area contributed by atoms with Crippen molar-refractivity contribution in [3.8, 4) is 0 Å². The molecule has 0 amide bonds. The molecule has 0 radical (unpaired) electrons. The third-order valence-corrected chi connectivity index (χ3v) is 4.98. The molecule has 2 aromatic rings. The number of alkyl halides is 2. The molecule has 162 valence electrons. The van der Waals surface area contributed by atoms with E-state index in [-0.39, 0.29) is 24.6 Å². The lowest BCUT2D eigenvalue weighted by atomic mass is 10.1. The minimum Gasteiger partial charge on any atom is -0.462 e. The Kier molecular flexibility index (Phi) is 6.76. The molecule has 1 aliphatic rings. The first-order chi connectivity index (χ1) is 14.3. The average molecular weight is 424 g/mol. The molecular formula is C20H23F3N4O3. The van der Waals surface area contributed by atoms with Crippen molar-refractivity contribution in [3.63, 3.8) is 0 Å². The van der Waals surface area contributed by atoms with Gasteiger partial charge in [-0.15, -0.1) is 0 Å². The summed E-state index contributed by atoms with van der Waals surface area (Å²) in [5.74, 6) is -1.50. The summed E-state index contributed by atoms with van der Waals surface area (Å²) in [5, 5.41) is 3.94. The Hall–Kier alpha value is -2.88. The van der Waals surface area contributed by atoms with E-state index in [1.54, 1.807) is 19.1 Å². The number of hydrogen-bond donors (Lipinski definition) is 0. The van der Waals surface area contributed by atoms with Crippen molar-refractivity contribution in [1.82, 2.24) is 14.7 Å². The first kappa shape index (κ1) is 21.8. The van der Waals surface area contributed by atoms with E-state index < -0.39 is 23.9 Å². The van der Waals surface area contributed by atoms with E-state index in [9.17, 15) is 22.8 Å². The van der Waals surface area contributed by atoms with E-state index in [0.29, 0.717) is 37.4 Å². The quantitative estimate of drug-likeness (QED) is 0.503. The number of carbonyl (C=O) groups is 2. The topological polar surface area (TPSA) is 67.7 Å². The van der Waals surface area contributed by atoms with Crippen LogP contribution in [-0.2, 0) is 11.4 Å². The Labute approximate surface area is 172 Å². The molecule has 2 heterocycles. The zero-order chi connectivity index (χ0) is 21.8. The van der Waals surface area contributed by atoms with Gasteiger partial charge in [0.1, 0.15) is 17.1 Å². The van der Waals surface area contributed by atoms with Gasteiger partial charge in [-0.3, -0.25) is 9.69 Å². The number of halogens is 3. The van der Waals surface area contributed by atoms with Crippen LogP contribution in [0.25, 0.3) is 0 Å². The van der Waals surface area contributed by atoms with E-state index in [0.717, 1.165) is 10.9 Å². The van der Waals surface area contributed by atoms with Gasteiger partial charge in [0.25, 0.3) is 6.43 Å². The molecule has 0 bridgehead atoms. The summed E-state index contributed by atoms with van der Waals surface area (Å²) in [7, 11) is 0. The Balaban J connectivity index is 1.67. The molecular weight excluding hydrogens is 401 g/mol. The smallest absolute Gasteiger partial charge is 0.341 e. The molecule has 0 aliphatic carbocycles. The number of carbonyl (C=O) groups excluding carboxylic acids is 2. The van der Waals surface area contributed by atoms with E-state index in [1.807, 2.05) is 9.80 Å². The number of aromatic nitrogens is 2. The number of ketones is 1. The third-order valence-electron chi connectivity index (χ3n) is 4.98. The summed E-state index contributed by atoms with van der Waals surface area (Å²) in [5.41, 5.74) is 0.00182. The third kappa shape index (κ3) is 4.64. The van der Waals surface area contributed by atoms with Crippen molar-refractivity contribution < 1.29 is 27.5 Å². The monoisotopic (exact) mass is 424 g/mol. The van der Waals surface area contributed by atoms with E-state index >= 15 is 0 Å². The second kappa shape index (κ2) is 9.29. The van der Waals surface area contributed by atoms with Crippen molar-refractivity contribution >= 4 is 17.4 Å². The first-order valence-electron chi connectivity index (χ1n) is 9.60. The van der Waals surface area contributed by atoms with Gasteiger partial charge in [0.15, 0.2) is 5.78 Å². The number of Topliss-reactive ketones (excluding diaryl/α,β-unsaturated/α-hetero) is 1. The molecule has 7 nitrogen and oxygen atoms in total. The number of anilines is 1. The Morgan fingerprint density at radius 2 is 1.90 bits per heavy atom. The molecule has 0 unspecified atom stereocenters. The number of ether oxygens (including phenoxy) is 1. The lowest BCUT2D eigenvalue weighted by Gasteiger charge is -2.36. The Bertz CT molecular complexity index is 924. The number of benzene rings is 1. The highest BCUT2D eigenvalue weighted by atomic mass is 19.3. The van der Waals surface area contributed by atoms with Crippen molar-refractivity contribution in [2.24, 2.45) is 0 Å². The van der Waals surface area contributed by atoms with Gasteiger partial charge >= 0.3 is 5.97 Å². The maximum atomic E-state index is 14.4. The van der Waals surface area contributed by atoms with Crippen LogP contribution in [0.1, 0.15) is 46.7 Å². The molecule has 0 saturated carbocycles. The zero-order valence-electron chi connectivity index (χ0n) is 16.8. The van der Waals surface area contributed by atoms with Crippen molar-refractivity contribution in [3.05, 3.63) is 47.0 Å². The van der Waals surface area contributed by atoms with Gasteiger partial charge in [0.2, 0.25) is 0 Å². The van der Waals surface area contributed by atoms with Crippen LogP contribution in [0.2, 0.25) is 0 Å². The molecule has 3 rings (SSSR count). The molecule has 30 heavy (non-hydrogen) atoms. The average Bonchev–Trinajstić information content (AvgIpc) is 3.13. The summed E-state index contributed by atoms with van der Waals surface area (Å²) in [6, 6.07) is 4.39. The highest BCUT2D eigenvalue weighted by Crippen LogP contribution is 2.25. The summed E-state index contributed by atoms with van der Waals surface area (Å²) < 4.78 is 47.4. The van der Waals surface area contributed by atoms with Crippen LogP contribution in [0, 0.1) is 5.82 Å². The van der Waals surface area contributed by atoms with Crippen LogP contribution in [0.15, 0.2) is 24.4 Å². The fourth-order valence-electron chi connectivity index (χ4n) is 3.41. The number of piperazine rings is 1. The predicted molar refractivity (Wildman–Crippen MR) is 103 cm³/mol. The van der Waals surface area contributed by atoms with Crippen molar-refractivity contribution in [1.29, 1.82) is 0 Å². The fraction of sp³-hybridized carbons (Fsp3) is 0.450. The summed E-state index contributed by atoms with van der Waals surface area (Å²) >= 11 is 0. The minimum atomic E-state index is -2.87. The molecule has 10 heteroatoms. The minimum absolute atomic E-state index is 0.0820. The molecule has 1 fully saturated rings. The van der Waals surface area contributed by atoms with Gasteiger partial charge in [-0.2, -0.15) is 5.10 Å². The predicted octanol–water partition coefficient (Wildman–Crippen LogP) is 3.12. The van der Waals surface area contributed by atoms with Crippen molar-refractivity contribution in [2.75, 3.05) is 37.7 Å². The van der Waals surface area contributed by atoms with Crippen molar-refractivity contribution in [2.45, 2.75) is 26.9 Å². The molecule has 0 spiro atoms. The van der Waals surface area contributed by atoms with Gasteiger partial charge in [0.05, 0.1) is 25.2 Å². The zero-order valence-corrected chi connectivity index (χ0v) is 16.8. The van der Waals surface area contributed by atoms with Crippen LogP contribution in [0.4, 0.5) is 18.9 Å². The van der Waals surface area contributed by atoms with Gasteiger partial charge in [-0.25, -0.2) is 22.6 Å². The van der Waals surface area contributed by atoms with Crippen LogP contribution >= 0.6 is 0 Å². The number of esters is 1. The highest BCUT2D eigenvalue weighted by molar-refractivity contribution is 5.94. The second-order valence-electron chi connectivity index (χ2n) is 6.93. The number of rotatable bonds is 7. The van der Waals surface area contributed by atoms with Crippen LogP contribution in [-0.4, -0.2) is 59.2 Å². The standard InChI is InChI=1S/C20H23F3N4O3/c1-3-30-20(29)15-11-24-27(18(15)19(22)23)12-25-6-8-26(9-7-25)17-5-4-14(13(2)28)10-16(17)21/h4-5,10-11,19H,3,6-9,12H2,1-2H3. The van der Waals surface area contributed by atoms with E-state index in [2.05, 4.69) is 5.10 Å². The summed E-state index contributed by atoms with van der Waals surface area (Å²) in [4.78, 5) is 27.0. The maximum Gasteiger partial charge on any atom is 0.341 e. The molecule has 1 aromatic heterocycles. The van der Waals surface area contributed by atoms with Gasteiger partial charge in [-0.05, 0) is 32.0 Å². The fourth-order valence-corrected chi connectivity index (χ4v) is 3.41. The number of hydrogen-bond acceptors (Lipinski definition) is 6. The van der Waals surface area contributed by atoms with E-state index in [4.69, 9.17) is 4.74 Å². The largest absolute Gasteiger partial charge is 0.462 e.